The van der Waals surface area contributed by atoms with Crippen LogP contribution in [-0.4, -0.2) is 26.5 Å². The normalized spacial score (nSPS) is 11.3. The van der Waals surface area contributed by atoms with Gasteiger partial charge in [0.05, 0.1) is 5.69 Å². The molecule has 0 spiro atoms. The van der Waals surface area contributed by atoms with E-state index >= 15 is 0 Å². The Kier molecular flexibility index (Phi) is 4.61. The van der Waals surface area contributed by atoms with E-state index in [1.54, 1.807) is 31.3 Å². The zero-order chi connectivity index (χ0) is 15.5. The van der Waals surface area contributed by atoms with Crippen LogP contribution in [0.3, 0.4) is 0 Å². The van der Waals surface area contributed by atoms with Crippen molar-refractivity contribution in [3.63, 3.8) is 0 Å². The van der Waals surface area contributed by atoms with Gasteiger partial charge in [-0.05, 0) is 30.1 Å². The molecule has 2 rings (SSSR count). The van der Waals surface area contributed by atoms with Crippen molar-refractivity contribution in [3.8, 4) is 0 Å². The Hall–Kier alpha value is -1.90. The lowest BCUT2D eigenvalue weighted by molar-refractivity contribution is 0.0698. The van der Waals surface area contributed by atoms with Gasteiger partial charge in [-0.25, -0.2) is 13.2 Å². The quantitative estimate of drug-likeness (QED) is 0.754. The first-order valence-electron chi connectivity index (χ1n) is 6.02. The van der Waals surface area contributed by atoms with Crippen molar-refractivity contribution < 1.29 is 18.3 Å². The molecular weight excluding hydrogens is 312 g/mol. The van der Waals surface area contributed by atoms with E-state index in [-0.39, 0.29) is 9.77 Å². The van der Waals surface area contributed by atoms with Gasteiger partial charge < -0.3 is 10.4 Å². The molecule has 21 heavy (non-hydrogen) atoms. The second-order valence-corrected chi connectivity index (χ2v) is 6.78. The van der Waals surface area contributed by atoms with Crippen LogP contribution in [-0.2, 0) is 16.6 Å². The SMILES string of the molecule is CNCc1ccccc1NS(=O)(=O)c1ccsc1C(=O)O. The molecule has 0 aliphatic carbocycles. The number of rotatable bonds is 6. The maximum atomic E-state index is 12.4. The third kappa shape index (κ3) is 3.41. The fourth-order valence-corrected chi connectivity index (χ4v) is 4.19. The van der Waals surface area contributed by atoms with Gasteiger partial charge in [0.25, 0.3) is 10.0 Å². The zero-order valence-electron chi connectivity index (χ0n) is 11.2. The minimum Gasteiger partial charge on any atom is -0.477 e. The summed E-state index contributed by atoms with van der Waals surface area (Å²) in [6.45, 7) is 0.494. The zero-order valence-corrected chi connectivity index (χ0v) is 12.8. The summed E-state index contributed by atoms with van der Waals surface area (Å²) in [7, 11) is -2.18. The largest absolute Gasteiger partial charge is 0.477 e. The molecule has 6 nitrogen and oxygen atoms in total. The molecule has 0 saturated carbocycles. The number of anilines is 1. The first-order chi connectivity index (χ1) is 9.95. The Morgan fingerprint density at radius 1 is 1.29 bits per heavy atom. The summed E-state index contributed by atoms with van der Waals surface area (Å²) in [5, 5.41) is 13.4. The van der Waals surface area contributed by atoms with Crippen LogP contribution in [0.5, 0.6) is 0 Å². The van der Waals surface area contributed by atoms with E-state index in [1.165, 1.54) is 11.4 Å². The van der Waals surface area contributed by atoms with Crippen molar-refractivity contribution >= 4 is 33.0 Å². The summed E-state index contributed by atoms with van der Waals surface area (Å²) in [5.41, 5.74) is 1.20. The Bertz CT molecular complexity index is 753. The molecule has 0 unspecified atom stereocenters. The number of para-hydroxylation sites is 1. The Labute approximate surface area is 126 Å². The maximum Gasteiger partial charge on any atom is 0.347 e. The fraction of sp³-hybridized carbons (Fsp3) is 0.154. The highest BCUT2D eigenvalue weighted by Crippen LogP contribution is 2.25. The van der Waals surface area contributed by atoms with E-state index in [1.807, 2.05) is 0 Å². The van der Waals surface area contributed by atoms with Crippen LogP contribution >= 0.6 is 11.3 Å². The van der Waals surface area contributed by atoms with Crippen molar-refractivity contribution in [1.29, 1.82) is 0 Å². The molecule has 0 aliphatic rings. The van der Waals surface area contributed by atoms with Crippen LogP contribution in [0.15, 0.2) is 40.6 Å². The number of carboxylic acids is 1. The number of nitrogens with one attached hydrogen (secondary N) is 2. The number of carboxylic acid groups (broad SMARTS) is 1. The van der Waals surface area contributed by atoms with Gasteiger partial charge in [0.2, 0.25) is 0 Å². The van der Waals surface area contributed by atoms with Gasteiger partial charge in [0.15, 0.2) is 0 Å². The first-order valence-corrected chi connectivity index (χ1v) is 8.38. The molecule has 112 valence electrons. The predicted molar refractivity (Wildman–Crippen MR) is 81.3 cm³/mol. The van der Waals surface area contributed by atoms with Crippen molar-refractivity contribution in [2.24, 2.45) is 0 Å². The van der Waals surface area contributed by atoms with Crippen LogP contribution < -0.4 is 10.0 Å². The lowest BCUT2D eigenvalue weighted by atomic mass is 10.2. The first kappa shape index (κ1) is 15.5. The summed E-state index contributed by atoms with van der Waals surface area (Å²) in [6, 6.07) is 8.23. The fourth-order valence-electron chi connectivity index (χ4n) is 1.83. The van der Waals surface area contributed by atoms with Gasteiger partial charge >= 0.3 is 5.97 Å². The molecular formula is C13H14N2O4S2. The second kappa shape index (κ2) is 6.25. The number of aromatic carboxylic acids is 1. The van der Waals surface area contributed by atoms with Crippen LogP contribution in [0.25, 0.3) is 0 Å². The summed E-state index contributed by atoms with van der Waals surface area (Å²) in [5.74, 6) is -1.26. The monoisotopic (exact) mass is 326 g/mol. The number of benzene rings is 1. The number of thiophene rings is 1. The number of carbonyl (C=O) groups is 1. The second-order valence-electron chi connectivity index (χ2n) is 4.21. The average molecular weight is 326 g/mol. The Balaban J connectivity index is 2.38. The number of hydrogen-bond acceptors (Lipinski definition) is 5. The molecule has 0 amide bonds. The summed E-state index contributed by atoms with van der Waals surface area (Å²) >= 11 is 0.878. The molecule has 8 heteroatoms. The highest BCUT2D eigenvalue weighted by atomic mass is 32.2. The van der Waals surface area contributed by atoms with Crippen LogP contribution in [0, 0.1) is 0 Å². The van der Waals surface area contributed by atoms with Crippen LogP contribution in [0.1, 0.15) is 15.2 Å². The topological polar surface area (TPSA) is 95.5 Å². The Morgan fingerprint density at radius 2 is 2.00 bits per heavy atom. The van der Waals surface area contributed by atoms with Gasteiger partial charge in [-0.2, -0.15) is 0 Å². The summed E-state index contributed by atoms with van der Waals surface area (Å²) < 4.78 is 27.2. The standard InChI is InChI=1S/C13H14N2O4S2/c1-14-8-9-4-2-3-5-10(9)15-21(18,19)11-6-7-20-12(11)13(16)17/h2-7,14-15H,8H2,1H3,(H,16,17). The summed E-state index contributed by atoms with van der Waals surface area (Å²) in [6.07, 6.45) is 0. The van der Waals surface area contributed by atoms with Crippen molar-refractivity contribution in [2.45, 2.75) is 11.4 Å². The minimum absolute atomic E-state index is 0.200. The molecule has 0 fully saturated rings. The average Bonchev–Trinajstić information content (AvgIpc) is 2.91. The highest BCUT2D eigenvalue weighted by Gasteiger charge is 2.24. The van der Waals surface area contributed by atoms with Gasteiger partial charge in [0, 0.05) is 6.54 Å². The van der Waals surface area contributed by atoms with Gasteiger partial charge in [-0.15, -0.1) is 11.3 Å². The van der Waals surface area contributed by atoms with Crippen molar-refractivity contribution in [2.75, 3.05) is 11.8 Å². The van der Waals surface area contributed by atoms with E-state index in [4.69, 9.17) is 5.11 Å². The molecule has 0 aliphatic heterocycles. The van der Waals surface area contributed by atoms with E-state index in [0.717, 1.165) is 16.9 Å². The molecule has 3 N–H and O–H groups in total. The van der Waals surface area contributed by atoms with Gasteiger partial charge in [-0.3, -0.25) is 4.72 Å². The van der Waals surface area contributed by atoms with E-state index in [0.29, 0.717) is 12.2 Å². The van der Waals surface area contributed by atoms with E-state index in [2.05, 4.69) is 10.0 Å². The molecule has 2 aromatic rings. The molecule has 0 atom stereocenters. The minimum atomic E-state index is -3.93. The van der Waals surface area contributed by atoms with Crippen LogP contribution in [0.2, 0.25) is 0 Å². The maximum absolute atomic E-state index is 12.4. The molecule has 1 heterocycles. The predicted octanol–water partition coefficient (Wildman–Crippen LogP) is 1.97. The van der Waals surface area contributed by atoms with E-state index < -0.39 is 16.0 Å². The van der Waals surface area contributed by atoms with Crippen molar-refractivity contribution in [3.05, 3.63) is 46.2 Å². The Morgan fingerprint density at radius 3 is 2.67 bits per heavy atom. The smallest absolute Gasteiger partial charge is 0.347 e. The molecule has 0 saturated heterocycles. The third-order valence-corrected chi connectivity index (χ3v) is 5.18. The van der Waals surface area contributed by atoms with Crippen LogP contribution in [0.4, 0.5) is 5.69 Å². The van der Waals surface area contributed by atoms with Gasteiger partial charge in [0.1, 0.15) is 9.77 Å². The molecule has 1 aromatic carbocycles. The number of hydrogen-bond donors (Lipinski definition) is 3. The summed E-state index contributed by atoms with van der Waals surface area (Å²) in [4.78, 5) is 10.6. The number of sulfonamides is 1. The van der Waals surface area contributed by atoms with E-state index in [9.17, 15) is 13.2 Å². The molecule has 0 bridgehead atoms. The molecule has 1 aromatic heterocycles. The molecule has 0 radical (unpaired) electrons. The highest BCUT2D eigenvalue weighted by molar-refractivity contribution is 7.93. The van der Waals surface area contributed by atoms with Crippen molar-refractivity contribution in [1.82, 2.24) is 5.32 Å². The third-order valence-electron chi connectivity index (χ3n) is 2.74. The lowest BCUT2D eigenvalue weighted by Crippen LogP contribution is -2.17. The lowest BCUT2D eigenvalue weighted by Gasteiger charge is -2.12. The van der Waals surface area contributed by atoms with Gasteiger partial charge in [-0.1, -0.05) is 18.2 Å².